The molecule has 0 aliphatic heterocycles. The van der Waals surface area contributed by atoms with Crippen LogP contribution in [0.4, 0.5) is 0 Å². The molecule has 0 amide bonds. The molecule has 0 saturated carbocycles. The third-order valence-corrected chi connectivity index (χ3v) is 1.44. The Morgan fingerprint density at radius 1 is 1.71 bits per heavy atom. The molecular formula is C5H12AuN. The SMILES string of the molecule is CCCC[CH](N)[Au]. The van der Waals surface area contributed by atoms with Crippen molar-refractivity contribution >= 4 is 0 Å². The van der Waals surface area contributed by atoms with Crippen LogP contribution in [0, 0.1) is 0 Å². The number of rotatable bonds is 3. The molecular weight excluding hydrogens is 271 g/mol. The van der Waals surface area contributed by atoms with Gasteiger partial charge in [0.25, 0.3) is 0 Å². The molecule has 2 N–H and O–H groups in total. The predicted octanol–water partition coefficient (Wildman–Crippen LogP) is 1.01. The molecule has 0 radical (unpaired) electrons. The molecule has 0 aromatic carbocycles. The second-order valence-electron chi connectivity index (χ2n) is 1.60. The maximum atomic E-state index is 5.45. The summed E-state index contributed by atoms with van der Waals surface area (Å²) in [4.78, 5) is 0. The van der Waals surface area contributed by atoms with Crippen molar-refractivity contribution in [3.8, 4) is 0 Å². The van der Waals surface area contributed by atoms with Gasteiger partial charge in [-0.3, -0.25) is 0 Å². The zero-order valence-electron chi connectivity index (χ0n) is 4.58. The Labute approximate surface area is 57.6 Å². The first-order valence-electron chi connectivity index (χ1n) is 2.62. The molecule has 0 rings (SSSR count). The van der Waals surface area contributed by atoms with Crippen LogP contribution >= 0.6 is 0 Å². The zero-order valence-corrected chi connectivity index (χ0v) is 6.74. The van der Waals surface area contributed by atoms with E-state index in [0.717, 1.165) is 6.42 Å². The summed E-state index contributed by atoms with van der Waals surface area (Å²) in [6.45, 7) is 2.18. The Hall–Kier alpha value is 0.700. The van der Waals surface area contributed by atoms with Gasteiger partial charge in [0.1, 0.15) is 0 Å². The third kappa shape index (κ3) is 6.70. The van der Waals surface area contributed by atoms with Crippen molar-refractivity contribution in [1.29, 1.82) is 0 Å². The van der Waals surface area contributed by atoms with Crippen molar-refractivity contribution in [3.63, 3.8) is 0 Å². The van der Waals surface area contributed by atoms with Gasteiger partial charge in [-0.05, 0) is 0 Å². The van der Waals surface area contributed by atoms with E-state index in [1.165, 1.54) is 12.8 Å². The van der Waals surface area contributed by atoms with Gasteiger partial charge >= 0.3 is 57.2 Å². The number of nitrogens with two attached hydrogens (primary N) is 1. The van der Waals surface area contributed by atoms with Crippen molar-refractivity contribution in [2.75, 3.05) is 0 Å². The molecule has 0 bridgehead atoms. The van der Waals surface area contributed by atoms with E-state index in [1.54, 1.807) is 0 Å². The molecule has 0 aliphatic rings. The summed E-state index contributed by atoms with van der Waals surface area (Å²) in [6.07, 6.45) is 3.67. The van der Waals surface area contributed by atoms with Crippen LogP contribution in [0.1, 0.15) is 26.2 Å². The molecule has 0 heterocycles. The summed E-state index contributed by atoms with van der Waals surface area (Å²) in [5, 5.41) is 0. The van der Waals surface area contributed by atoms with Gasteiger partial charge in [-0.25, -0.2) is 0 Å². The van der Waals surface area contributed by atoms with E-state index in [1.807, 2.05) is 0 Å². The molecule has 0 spiro atoms. The Morgan fingerprint density at radius 3 is 2.43 bits per heavy atom. The van der Waals surface area contributed by atoms with E-state index < -0.39 is 0 Å². The summed E-state index contributed by atoms with van der Waals surface area (Å²) in [7, 11) is 0. The zero-order chi connectivity index (χ0) is 5.70. The van der Waals surface area contributed by atoms with Gasteiger partial charge in [-0.2, -0.15) is 0 Å². The first kappa shape index (κ1) is 7.70. The van der Waals surface area contributed by atoms with Crippen molar-refractivity contribution in [3.05, 3.63) is 0 Å². The molecule has 2 heteroatoms. The Morgan fingerprint density at radius 2 is 2.29 bits per heavy atom. The van der Waals surface area contributed by atoms with Gasteiger partial charge in [0.05, 0.1) is 0 Å². The third-order valence-electron chi connectivity index (χ3n) is 0.811. The van der Waals surface area contributed by atoms with Crippen LogP contribution in [0.5, 0.6) is 0 Å². The molecule has 7 heavy (non-hydrogen) atoms. The summed E-state index contributed by atoms with van der Waals surface area (Å²) in [5.74, 6) is 0. The first-order valence-corrected chi connectivity index (χ1v) is 3.87. The second kappa shape index (κ2) is 4.85. The van der Waals surface area contributed by atoms with Crippen LogP contribution in [0.15, 0.2) is 0 Å². The number of hydrogen-bond acceptors (Lipinski definition) is 1. The molecule has 48 valence electrons. The molecule has 0 saturated heterocycles. The van der Waals surface area contributed by atoms with E-state index in [9.17, 15) is 0 Å². The van der Waals surface area contributed by atoms with Gasteiger partial charge in [0.2, 0.25) is 0 Å². The minimum absolute atomic E-state index is 0.347. The fraction of sp³-hybridized carbons (Fsp3) is 1.00. The topological polar surface area (TPSA) is 26.0 Å². The summed E-state index contributed by atoms with van der Waals surface area (Å²) in [6, 6.07) is 0. The van der Waals surface area contributed by atoms with E-state index in [2.05, 4.69) is 28.0 Å². The van der Waals surface area contributed by atoms with Crippen molar-refractivity contribution in [1.82, 2.24) is 0 Å². The first-order chi connectivity index (χ1) is 3.27. The van der Waals surface area contributed by atoms with Gasteiger partial charge in [0, 0.05) is 0 Å². The van der Waals surface area contributed by atoms with Crippen LogP contribution in [0.25, 0.3) is 0 Å². The van der Waals surface area contributed by atoms with E-state index in [0.29, 0.717) is 4.26 Å². The van der Waals surface area contributed by atoms with Crippen LogP contribution < -0.4 is 5.73 Å². The van der Waals surface area contributed by atoms with E-state index in [-0.39, 0.29) is 0 Å². The molecule has 1 nitrogen and oxygen atoms in total. The standard InChI is InChI=1S/C5H12N.Au/c1-2-3-4-5-6;/h5H,2-4,6H2,1H3;. The molecule has 0 aliphatic carbocycles. The quantitative estimate of drug-likeness (QED) is 0.769. The molecule has 0 aromatic rings. The van der Waals surface area contributed by atoms with Crippen LogP contribution in [-0.2, 0) is 21.1 Å². The Balaban J connectivity index is 2.68. The van der Waals surface area contributed by atoms with Gasteiger partial charge in [-0.15, -0.1) is 0 Å². The Kier molecular flexibility index (Phi) is 5.33. The fourth-order valence-electron chi connectivity index (χ4n) is 0.384. The normalized spacial score (nSPS) is 14.3. The van der Waals surface area contributed by atoms with Crippen molar-refractivity contribution in [2.45, 2.75) is 30.4 Å². The number of unbranched alkanes of at least 4 members (excludes halogenated alkanes) is 1. The van der Waals surface area contributed by atoms with Crippen molar-refractivity contribution in [2.24, 2.45) is 5.73 Å². The van der Waals surface area contributed by atoms with Crippen LogP contribution in [0.2, 0.25) is 0 Å². The van der Waals surface area contributed by atoms with Crippen LogP contribution in [0.3, 0.4) is 0 Å². The van der Waals surface area contributed by atoms with Gasteiger partial charge < -0.3 is 0 Å². The van der Waals surface area contributed by atoms with Crippen LogP contribution in [-0.4, -0.2) is 4.26 Å². The maximum absolute atomic E-state index is 5.45. The minimum atomic E-state index is 0.347. The van der Waals surface area contributed by atoms with E-state index in [4.69, 9.17) is 5.73 Å². The Bertz CT molecular complexity index is 37.1. The van der Waals surface area contributed by atoms with Gasteiger partial charge in [-0.1, -0.05) is 0 Å². The van der Waals surface area contributed by atoms with Crippen molar-refractivity contribution < 1.29 is 21.1 Å². The average Bonchev–Trinajstić information content (AvgIpc) is 1.61. The fourth-order valence-corrected chi connectivity index (χ4v) is 0.826. The molecule has 0 aromatic heterocycles. The average molecular weight is 283 g/mol. The van der Waals surface area contributed by atoms with E-state index >= 15 is 0 Å². The number of hydrogen-bond donors (Lipinski definition) is 1. The molecule has 1 atom stereocenters. The van der Waals surface area contributed by atoms with Gasteiger partial charge in [0.15, 0.2) is 0 Å². The predicted molar refractivity (Wildman–Crippen MR) is 27.5 cm³/mol. The second-order valence-corrected chi connectivity index (χ2v) is 3.21. The molecule has 1 unspecified atom stereocenters. The molecule has 0 fully saturated rings. The monoisotopic (exact) mass is 283 g/mol. The summed E-state index contributed by atoms with van der Waals surface area (Å²) in [5.41, 5.74) is 5.45. The summed E-state index contributed by atoms with van der Waals surface area (Å²) < 4.78 is 0.347. The summed E-state index contributed by atoms with van der Waals surface area (Å²) >= 11 is 2.41.